The summed E-state index contributed by atoms with van der Waals surface area (Å²) in [6, 6.07) is 3.73. The van der Waals surface area contributed by atoms with Crippen LogP contribution in [0.5, 0.6) is 0 Å². The number of hydrogen-bond acceptors (Lipinski definition) is 4. The lowest BCUT2D eigenvalue weighted by Gasteiger charge is -2.18. The molecule has 0 radical (unpaired) electrons. The molecule has 1 saturated heterocycles. The highest BCUT2D eigenvalue weighted by Crippen LogP contribution is 2.31. The third-order valence-electron chi connectivity index (χ3n) is 2.23. The molecule has 0 spiro atoms. The Hall–Kier alpha value is -0.840. The Morgan fingerprint density at radius 1 is 1.36 bits per heavy atom. The first kappa shape index (κ1) is 9.71. The highest BCUT2D eigenvalue weighted by molar-refractivity contribution is 5.11. The molecule has 0 unspecified atom stereocenters. The molecule has 0 N–H and O–H groups in total. The lowest BCUT2D eigenvalue weighted by Crippen LogP contribution is -2.21. The highest BCUT2D eigenvalue weighted by atomic mass is 16.7. The van der Waals surface area contributed by atoms with Gasteiger partial charge in [-0.15, -0.1) is 0 Å². The molecular weight excluding hydrogens is 184 g/mol. The van der Waals surface area contributed by atoms with Gasteiger partial charge in [0.15, 0.2) is 5.76 Å². The van der Waals surface area contributed by atoms with Crippen LogP contribution >= 0.6 is 0 Å². The Kier molecular flexibility index (Phi) is 2.58. The minimum absolute atomic E-state index is 0.468. The van der Waals surface area contributed by atoms with Gasteiger partial charge in [0.05, 0.1) is 13.2 Å². The van der Waals surface area contributed by atoms with Crippen LogP contribution in [0, 0.1) is 0 Å². The van der Waals surface area contributed by atoms with Crippen molar-refractivity contribution in [3.8, 4) is 0 Å². The van der Waals surface area contributed by atoms with E-state index in [1.807, 2.05) is 19.1 Å². The molecule has 0 atom stereocenters. The Bertz CT molecular complexity index is 299. The van der Waals surface area contributed by atoms with Crippen LogP contribution in [0.1, 0.15) is 18.4 Å². The summed E-state index contributed by atoms with van der Waals surface area (Å²) in [5.74, 6) is 0.760. The first-order chi connectivity index (χ1) is 6.74. The van der Waals surface area contributed by atoms with Crippen molar-refractivity contribution in [1.82, 2.24) is 0 Å². The van der Waals surface area contributed by atoms with Crippen LogP contribution in [-0.2, 0) is 26.6 Å². The maximum Gasteiger partial charge on any atom is 0.225 e. The molecule has 2 heterocycles. The van der Waals surface area contributed by atoms with Crippen molar-refractivity contribution in [3.05, 3.63) is 23.7 Å². The standard InChI is InChI=1S/C10H14O4/c1-10(12-5-6-13-10)9-4-3-8(14-9)7-11-2/h3-4H,5-7H2,1-2H3. The molecule has 0 aromatic carbocycles. The number of ether oxygens (including phenoxy) is 3. The van der Waals surface area contributed by atoms with Crippen LogP contribution in [0.3, 0.4) is 0 Å². The van der Waals surface area contributed by atoms with E-state index in [9.17, 15) is 0 Å². The Balaban J connectivity index is 2.15. The molecule has 1 aliphatic heterocycles. The molecule has 0 bridgehead atoms. The molecule has 0 amide bonds. The summed E-state index contributed by atoms with van der Waals surface area (Å²) < 4.78 is 21.4. The van der Waals surface area contributed by atoms with E-state index in [4.69, 9.17) is 18.6 Å². The van der Waals surface area contributed by atoms with Gasteiger partial charge in [-0.2, -0.15) is 0 Å². The monoisotopic (exact) mass is 198 g/mol. The fourth-order valence-electron chi connectivity index (χ4n) is 1.50. The maximum atomic E-state index is 5.54. The zero-order valence-corrected chi connectivity index (χ0v) is 8.41. The largest absolute Gasteiger partial charge is 0.458 e. The summed E-state index contributed by atoms with van der Waals surface area (Å²) in [5, 5.41) is 0. The van der Waals surface area contributed by atoms with Crippen LogP contribution < -0.4 is 0 Å². The van der Waals surface area contributed by atoms with E-state index >= 15 is 0 Å². The quantitative estimate of drug-likeness (QED) is 0.740. The lowest BCUT2D eigenvalue weighted by molar-refractivity contribution is -0.163. The predicted octanol–water partition coefficient (Wildman–Crippen LogP) is 1.65. The fraction of sp³-hybridized carbons (Fsp3) is 0.600. The summed E-state index contributed by atoms with van der Waals surface area (Å²) in [6.07, 6.45) is 0. The molecule has 2 rings (SSSR count). The van der Waals surface area contributed by atoms with E-state index < -0.39 is 5.79 Å². The van der Waals surface area contributed by atoms with Crippen molar-refractivity contribution in [2.24, 2.45) is 0 Å². The normalized spacial score (nSPS) is 20.1. The maximum absolute atomic E-state index is 5.54. The Morgan fingerprint density at radius 3 is 2.71 bits per heavy atom. The zero-order valence-electron chi connectivity index (χ0n) is 8.41. The number of methoxy groups -OCH3 is 1. The SMILES string of the molecule is COCc1ccc(C2(C)OCCO2)o1. The third kappa shape index (κ3) is 1.68. The molecule has 1 aromatic rings. The molecule has 1 fully saturated rings. The second-order valence-corrected chi connectivity index (χ2v) is 3.34. The van der Waals surface area contributed by atoms with Crippen LogP contribution in [0.2, 0.25) is 0 Å². The molecule has 0 aliphatic carbocycles. The van der Waals surface area contributed by atoms with Crippen molar-refractivity contribution >= 4 is 0 Å². The fourth-order valence-corrected chi connectivity index (χ4v) is 1.50. The van der Waals surface area contributed by atoms with Gasteiger partial charge in [-0.3, -0.25) is 0 Å². The highest BCUT2D eigenvalue weighted by Gasteiger charge is 2.36. The van der Waals surface area contributed by atoms with Gasteiger partial charge in [0, 0.05) is 7.11 Å². The third-order valence-corrected chi connectivity index (χ3v) is 2.23. The summed E-state index contributed by atoms with van der Waals surface area (Å²) in [5.41, 5.74) is 0. The van der Waals surface area contributed by atoms with Gasteiger partial charge in [0.1, 0.15) is 12.4 Å². The van der Waals surface area contributed by atoms with Gasteiger partial charge in [-0.1, -0.05) is 0 Å². The average Bonchev–Trinajstić information content (AvgIpc) is 2.75. The van der Waals surface area contributed by atoms with Crippen LogP contribution in [-0.4, -0.2) is 20.3 Å². The second kappa shape index (κ2) is 3.73. The van der Waals surface area contributed by atoms with Crippen LogP contribution in [0.15, 0.2) is 16.5 Å². The summed E-state index contributed by atoms with van der Waals surface area (Å²) in [4.78, 5) is 0. The van der Waals surface area contributed by atoms with E-state index in [0.29, 0.717) is 25.6 Å². The number of rotatable bonds is 3. The molecule has 0 saturated carbocycles. The zero-order chi connectivity index (χ0) is 10.0. The first-order valence-electron chi connectivity index (χ1n) is 4.61. The molecular formula is C10H14O4. The summed E-state index contributed by atoms with van der Waals surface area (Å²) in [7, 11) is 1.63. The molecule has 78 valence electrons. The van der Waals surface area contributed by atoms with E-state index in [0.717, 1.165) is 5.76 Å². The predicted molar refractivity (Wildman–Crippen MR) is 48.7 cm³/mol. The number of furan rings is 1. The Labute approximate surface area is 82.8 Å². The van der Waals surface area contributed by atoms with E-state index in [2.05, 4.69) is 0 Å². The van der Waals surface area contributed by atoms with Crippen molar-refractivity contribution in [3.63, 3.8) is 0 Å². The van der Waals surface area contributed by atoms with Crippen LogP contribution in [0.25, 0.3) is 0 Å². The topological polar surface area (TPSA) is 40.8 Å². The van der Waals surface area contributed by atoms with Crippen molar-refractivity contribution in [2.75, 3.05) is 20.3 Å². The van der Waals surface area contributed by atoms with Crippen molar-refractivity contribution in [1.29, 1.82) is 0 Å². The average molecular weight is 198 g/mol. The van der Waals surface area contributed by atoms with Gasteiger partial charge in [-0.25, -0.2) is 0 Å². The smallest absolute Gasteiger partial charge is 0.225 e. The van der Waals surface area contributed by atoms with E-state index in [-0.39, 0.29) is 0 Å². The van der Waals surface area contributed by atoms with Crippen molar-refractivity contribution < 1.29 is 18.6 Å². The minimum Gasteiger partial charge on any atom is -0.458 e. The molecule has 1 aliphatic rings. The van der Waals surface area contributed by atoms with Crippen LogP contribution in [0.4, 0.5) is 0 Å². The van der Waals surface area contributed by atoms with E-state index in [1.54, 1.807) is 7.11 Å². The van der Waals surface area contributed by atoms with Crippen molar-refractivity contribution in [2.45, 2.75) is 19.3 Å². The van der Waals surface area contributed by atoms with E-state index in [1.165, 1.54) is 0 Å². The van der Waals surface area contributed by atoms with Gasteiger partial charge in [-0.05, 0) is 19.1 Å². The lowest BCUT2D eigenvalue weighted by atomic mass is 10.2. The van der Waals surface area contributed by atoms with Gasteiger partial charge >= 0.3 is 0 Å². The molecule has 4 nitrogen and oxygen atoms in total. The summed E-state index contributed by atoms with van der Waals surface area (Å²) >= 11 is 0. The molecule has 14 heavy (non-hydrogen) atoms. The molecule has 4 heteroatoms. The van der Waals surface area contributed by atoms with Gasteiger partial charge < -0.3 is 18.6 Å². The number of hydrogen-bond donors (Lipinski definition) is 0. The second-order valence-electron chi connectivity index (χ2n) is 3.34. The molecule has 1 aromatic heterocycles. The van der Waals surface area contributed by atoms with Gasteiger partial charge in [0.2, 0.25) is 5.79 Å². The first-order valence-corrected chi connectivity index (χ1v) is 4.61. The Morgan fingerprint density at radius 2 is 2.07 bits per heavy atom. The summed E-state index contributed by atoms with van der Waals surface area (Å²) in [6.45, 7) is 3.54. The minimum atomic E-state index is -0.716. The van der Waals surface area contributed by atoms with Gasteiger partial charge in [0.25, 0.3) is 0 Å².